The maximum absolute atomic E-state index is 13.8. The number of hydrogen-bond donors (Lipinski definition) is 1. The Morgan fingerprint density at radius 2 is 1.79 bits per heavy atom. The van der Waals surface area contributed by atoms with E-state index in [1.165, 1.54) is 6.07 Å². The van der Waals surface area contributed by atoms with Crippen molar-refractivity contribution >= 4 is 27.5 Å². The molecule has 1 amide bonds. The van der Waals surface area contributed by atoms with Crippen LogP contribution in [0.5, 0.6) is 0 Å². The van der Waals surface area contributed by atoms with Gasteiger partial charge in [0.25, 0.3) is 0 Å². The number of alkyl halides is 2. The molecule has 0 saturated heterocycles. The van der Waals surface area contributed by atoms with Crippen molar-refractivity contribution in [2.45, 2.75) is 37.0 Å². The Morgan fingerprint density at radius 1 is 1.16 bits per heavy atom. The van der Waals surface area contributed by atoms with E-state index in [4.69, 9.17) is 0 Å². The lowest BCUT2D eigenvalue weighted by atomic mass is 9.69. The predicted octanol–water partition coefficient (Wildman–Crippen LogP) is 3.99. The molecular formula is C13H11BrF3NO. The zero-order valence-electron chi connectivity index (χ0n) is 9.90. The van der Waals surface area contributed by atoms with Crippen LogP contribution < -0.4 is 5.32 Å². The highest BCUT2D eigenvalue weighted by Crippen LogP contribution is 2.52. The summed E-state index contributed by atoms with van der Waals surface area (Å²) < 4.78 is 40.9. The van der Waals surface area contributed by atoms with Crippen molar-refractivity contribution in [3.8, 4) is 0 Å². The molecule has 1 spiro atoms. The molecule has 2 aliphatic rings. The molecule has 1 fully saturated rings. The van der Waals surface area contributed by atoms with Gasteiger partial charge in [-0.25, -0.2) is 13.2 Å². The summed E-state index contributed by atoms with van der Waals surface area (Å²) >= 11 is 3.18. The van der Waals surface area contributed by atoms with Gasteiger partial charge in [-0.3, -0.25) is 4.79 Å². The van der Waals surface area contributed by atoms with E-state index in [1.54, 1.807) is 6.07 Å². The van der Waals surface area contributed by atoms with Gasteiger partial charge in [-0.05, 0) is 30.5 Å². The Hall–Kier alpha value is -1.04. The molecular weight excluding hydrogens is 323 g/mol. The summed E-state index contributed by atoms with van der Waals surface area (Å²) in [5.74, 6) is -3.62. The van der Waals surface area contributed by atoms with Gasteiger partial charge in [-0.15, -0.1) is 0 Å². The number of hydrogen-bond acceptors (Lipinski definition) is 1. The van der Waals surface area contributed by atoms with Gasteiger partial charge in [-0.2, -0.15) is 0 Å². The number of halogens is 4. The van der Waals surface area contributed by atoms with Crippen molar-refractivity contribution in [3.05, 3.63) is 28.0 Å². The second-order valence-electron chi connectivity index (χ2n) is 5.20. The van der Waals surface area contributed by atoms with Crippen LogP contribution >= 0.6 is 15.9 Å². The number of fused-ring (bicyclic) bond motifs is 2. The highest BCUT2D eigenvalue weighted by atomic mass is 79.9. The van der Waals surface area contributed by atoms with Gasteiger partial charge in [0.15, 0.2) is 0 Å². The minimum Gasteiger partial charge on any atom is -0.323 e. The summed E-state index contributed by atoms with van der Waals surface area (Å²) in [5, 5.41) is 2.50. The number of nitrogens with one attached hydrogen (secondary N) is 1. The number of benzene rings is 1. The molecule has 1 aromatic carbocycles. The Labute approximate surface area is 116 Å². The van der Waals surface area contributed by atoms with Gasteiger partial charge in [0.1, 0.15) is 5.82 Å². The van der Waals surface area contributed by atoms with Crippen molar-refractivity contribution in [1.82, 2.24) is 0 Å². The van der Waals surface area contributed by atoms with Crippen molar-refractivity contribution < 1.29 is 18.0 Å². The van der Waals surface area contributed by atoms with Crippen molar-refractivity contribution in [1.29, 1.82) is 0 Å². The monoisotopic (exact) mass is 333 g/mol. The van der Waals surface area contributed by atoms with Crippen LogP contribution in [0.4, 0.5) is 18.9 Å². The normalized spacial score (nSPS) is 23.3. The molecule has 6 heteroatoms. The highest BCUT2D eigenvalue weighted by Gasteiger charge is 2.53. The largest absolute Gasteiger partial charge is 0.323 e. The van der Waals surface area contributed by atoms with Crippen LogP contribution in [0, 0.1) is 5.82 Å². The molecule has 0 radical (unpaired) electrons. The molecule has 1 aromatic rings. The minimum absolute atomic E-state index is 0.0503. The van der Waals surface area contributed by atoms with Crippen LogP contribution in [-0.2, 0) is 10.2 Å². The molecule has 0 aromatic heterocycles. The fourth-order valence-corrected chi connectivity index (χ4v) is 3.40. The third kappa shape index (κ3) is 1.88. The molecule has 3 rings (SSSR count). The van der Waals surface area contributed by atoms with Crippen LogP contribution in [0.15, 0.2) is 16.6 Å². The number of anilines is 1. The summed E-state index contributed by atoms with van der Waals surface area (Å²) in [6.45, 7) is 0. The van der Waals surface area contributed by atoms with Gasteiger partial charge < -0.3 is 5.32 Å². The van der Waals surface area contributed by atoms with Crippen molar-refractivity contribution in [3.63, 3.8) is 0 Å². The number of carbonyl (C=O) groups excluding carboxylic acids is 1. The van der Waals surface area contributed by atoms with Crippen LogP contribution in [0.25, 0.3) is 0 Å². The number of rotatable bonds is 0. The van der Waals surface area contributed by atoms with Gasteiger partial charge in [-0.1, -0.05) is 15.9 Å². The summed E-state index contributed by atoms with van der Waals surface area (Å²) in [6.07, 6.45) is -0.578. The predicted molar refractivity (Wildman–Crippen MR) is 67.8 cm³/mol. The fraction of sp³-hybridized carbons (Fsp3) is 0.462. The van der Waals surface area contributed by atoms with E-state index in [0.717, 1.165) is 0 Å². The van der Waals surface area contributed by atoms with E-state index >= 15 is 0 Å². The van der Waals surface area contributed by atoms with Gasteiger partial charge in [0, 0.05) is 17.3 Å². The summed E-state index contributed by atoms with van der Waals surface area (Å²) in [5.41, 5.74) is -0.361. The Balaban J connectivity index is 2.08. The van der Waals surface area contributed by atoms with Crippen LogP contribution in [-0.4, -0.2) is 11.8 Å². The molecule has 0 bridgehead atoms. The maximum atomic E-state index is 13.8. The fourth-order valence-electron chi connectivity index (χ4n) is 2.97. The summed E-state index contributed by atoms with van der Waals surface area (Å²) in [7, 11) is 0. The first-order chi connectivity index (χ1) is 8.84. The zero-order valence-corrected chi connectivity index (χ0v) is 11.5. The zero-order chi connectivity index (χ0) is 13.8. The quantitative estimate of drug-likeness (QED) is 0.764. The van der Waals surface area contributed by atoms with Crippen molar-refractivity contribution in [2.24, 2.45) is 0 Å². The second kappa shape index (κ2) is 3.98. The molecule has 0 unspecified atom stereocenters. The average Bonchev–Trinajstić information content (AvgIpc) is 2.58. The van der Waals surface area contributed by atoms with Gasteiger partial charge in [0.05, 0.1) is 11.1 Å². The topological polar surface area (TPSA) is 29.1 Å². The van der Waals surface area contributed by atoms with E-state index < -0.39 is 17.2 Å². The first-order valence-electron chi connectivity index (χ1n) is 6.03. The standard InChI is InChI=1S/C13H11BrF3NO/c14-7-5-8-10(9(15)6-7)18-11(19)12(8)1-3-13(16,17)4-2-12/h5-6H,1-4H2,(H,18,19). The third-order valence-corrected chi connectivity index (χ3v) is 4.54. The minimum atomic E-state index is -2.72. The lowest BCUT2D eigenvalue weighted by Crippen LogP contribution is -2.41. The molecule has 0 atom stereocenters. The molecule has 1 aliphatic heterocycles. The lowest BCUT2D eigenvalue weighted by Gasteiger charge is -2.35. The highest BCUT2D eigenvalue weighted by molar-refractivity contribution is 9.10. The summed E-state index contributed by atoms with van der Waals surface area (Å²) in [4.78, 5) is 12.1. The molecule has 19 heavy (non-hydrogen) atoms. The first kappa shape index (κ1) is 13.0. The van der Waals surface area contributed by atoms with Crippen LogP contribution in [0.2, 0.25) is 0 Å². The summed E-state index contributed by atoms with van der Waals surface area (Å²) in [6, 6.07) is 2.91. The smallest absolute Gasteiger partial charge is 0.248 e. The number of carbonyl (C=O) groups is 1. The lowest BCUT2D eigenvalue weighted by molar-refractivity contribution is -0.125. The molecule has 2 nitrogen and oxygen atoms in total. The number of amides is 1. The maximum Gasteiger partial charge on any atom is 0.248 e. The molecule has 1 N–H and O–H groups in total. The molecule has 1 aliphatic carbocycles. The van der Waals surface area contributed by atoms with E-state index in [2.05, 4.69) is 21.2 Å². The average molecular weight is 334 g/mol. The van der Waals surface area contributed by atoms with E-state index in [1.807, 2.05) is 0 Å². The Kier molecular flexibility index (Phi) is 2.71. The third-order valence-electron chi connectivity index (χ3n) is 4.08. The molecule has 1 heterocycles. The molecule has 102 valence electrons. The SMILES string of the molecule is O=C1Nc2c(F)cc(Br)cc2C12CCC(F)(F)CC2. The van der Waals surface area contributed by atoms with E-state index in [-0.39, 0.29) is 37.3 Å². The van der Waals surface area contributed by atoms with Crippen molar-refractivity contribution in [2.75, 3.05) is 5.32 Å². The molecule has 1 saturated carbocycles. The van der Waals surface area contributed by atoms with E-state index in [9.17, 15) is 18.0 Å². The van der Waals surface area contributed by atoms with E-state index in [0.29, 0.717) is 10.0 Å². The van der Waals surface area contributed by atoms with Crippen LogP contribution in [0.1, 0.15) is 31.2 Å². The van der Waals surface area contributed by atoms with Crippen LogP contribution in [0.3, 0.4) is 0 Å². The first-order valence-corrected chi connectivity index (χ1v) is 6.82. The second-order valence-corrected chi connectivity index (χ2v) is 6.12. The van der Waals surface area contributed by atoms with Gasteiger partial charge >= 0.3 is 0 Å². The Bertz CT molecular complexity index is 563. The Morgan fingerprint density at radius 3 is 2.42 bits per heavy atom. The van der Waals surface area contributed by atoms with Gasteiger partial charge in [0.2, 0.25) is 11.8 Å².